The zero-order valence-corrected chi connectivity index (χ0v) is 18.3. The Kier molecular flexibility index (Phi) is 7.13. The molecule has 0 bridgehead atoms. The number of anilines is 1. The fraction of sp³-hybridized carbons (Fsp3) is 0.500. The molecule has 1 aromatic carbocycles. The lowest BCUT2D eigenvalue weighted by Gasteiger charge is -2.19. The maximum absolute atomic E-state index is 12.3. The quantitative estimate of drug-likeness (QED) is 0.496. The summed E-state index contributed by atoms with van der Waals surface area (Å²) >= 11 is 0.798. The number of sulfonamides is 1. The van der Waals surface area contributed by atoms with Crippen LogP contribution in [-0.2, 0) is 20.2 Å². The molecule has 0 fully saturated rings. The molecule has 0 spiro atoms. The second-order valence-corrected chi connectivity index (χ2v) is 10.5. The van der Waals surface area contributed by atoms with Crippen molar-refractivity contribution in [2.75, 3.05) is 18.5 Å². The summed E-state index contributed by atoms with van der Waals surface area (Å²) in [7, 11) is -3.81. The van der Waals surface area contributed by atoms with Crippen molar-refractivity contribution in [1.82, 2.24) is 14.9 Å². The normalized spacial score (nSPS) is 12.2. The molecule has 154 valence electrons. The lowest BCUT2D eigenvalue weighted by atomic mass is 9.87. The molecular weight excluding hydrogens is 400 g/mol. The van der Waals surface area contributed by atoms with Crippen molar-refractivity contribution < 1.29 is 17.9 Å². The number of hydrogen-bond acceptors (Lipinski definition) is 7. The molecule has 2 N–H and O–H groups in total. The van der Waals surface area contributed by atoms with Crippen LogP contribution in [0.5, 0.6) is 5.75 Å². The predicted molar refractivity (Wildman–Crippen MR) is 109 cm³/mol. The van der Waals surface area contributed by atoms with Gasteiger partial charge in [0.2, 0.25) is 15.4 Å². The highest BCUT2D eigenvalue weighted by atomic mass is 32.2. The van der Waals surface area contributed by atoms with E-state index in [9.17, 15) is 13.2 Å². The fourth-order valence-corrected chi connectivity index (χ4v) is 4.03. The first kappa shape index (κ1) is 22.3. The van der Waals surface area contributed by atoms with Crippen molar-refractivity contribution >= 4 is 32.4 Å². The van der Waals surface area contributed by atoms with Crippen LogP contribution in [0.2, 0.25) is 0 Å². The number of nitrogens with one attached hydrogen (secondary N) is 2. The van der Waals surface area contributed by atoms with Gasteiger partial charge < -0.3 is 10.1 Å². The first-order valence-corrected chi connectivity index (χ1v) is 11.2. The van der Waals surface area contributed by atoms with Crippen LogP contribution in [0.1, 0.15) is 40.2 Å². The van der Waals surface area contributed by atoms with Crippen LogP contribution in [-0.4, -0.2) is 37.7 Å². The van der Waals surface area contributed by atoms with E-state index in [1.54, 1.807) is 13.8 Å². The number of nitrogens with zero attached hydrogens (tertiary/aromatic N) is 2. The van der Waals surface area contributed by atoms with E-state index in [0.717, 1.165) is 11.3 Å². The van der Waals surface area contributed by atoms with E-state index < -0.39 is 10.0 Å². The standard InChI is InChI=1S/C18H26N4O4S2/c1-12(2)15(23)20-16-21-22-17(27-16)28(24,25)19-10-11-26-14-8-6-13(7-9-14)18(3,4)5/h6-9,12,19H,10-11H2,1-5H3,(H,20,21,23). The smallest absolute Gasteiger partial charge is 0.269 e. The molecule has 0 atom stereocenters. The third kappa shape index (κ3) is 6.25. The van der Waals surface area contributed by atoms with E-state index in [0.29, 0.717) is 5.75 Å². The van der Waals surface area contributed by atoms with E-state index in [2.05, 4.69) is 41.0 Å². The number of ether oxygens (including phenoxy) is 1. The molecule has 0 aliphatic rings. The van der Waals surface area contributed by atoms with Crippen molar-refractivity contribution in [3.8, 4) is 5.75 Å². The number of benzene rings is 1. The number of carbonyl (C=O) groups is 1. The fourth-order valence-electron chi connectivity index (χ4n) is 2.08. The third-order valence-corrected chi connectivity index (χ3v) is 6.44. The van der Waals surface area contributed by atoms with Gasteiger partial charge in [-0.3, -0.25) is 4.79 Å². The number of amides is 1. The average Bonchev–Trinajstić information content (AvgIpc) is 3.08. The summed E-state index contributed by atoms with van der Waals surface area (Å²) in [5.74, 6) is 0.178. The first-order valence-electron chi connectivity index (χ1n) is 8.86. The van der Waals surface area contributed by atoms with Gasteiger partial charge in [-0.2, -0.15) is 0 Å². The van der Waals surface area contributed by atoms with E-state index in [-0.39, 0.29) is 39.9 Å². The van der Waals surface area contributed by atoms with Crippen molar-refractivity contribution in [2.24, 2.45) is 5.92 Å². The second kappa shape index (κ2) is 8.97. The third-order valence-electron chi connectivity index (χ3n) is 3.77. The summed E-state index contributed by atoms with van der Waals surface area (Å²) in [5, 5.41) is 10.0. The van der Waals surface area contributed by atoms with E-state index in [4.69, 9.17) is 4.74 Å². The van der Waals surface area contributed by atoms with Crippen LogP contribution in [0.3, 0.4) is 0 Å². The van der Waals surface area contributed by atoms with Crippen LogP contribution in [0.25, 0.3) is 0 Å². The van der Waals surface area contributed by atoms with Crippen molar-refractivity contribution in [3.05, 3.63) is 29.8 Å². The molecule has 0 aliphatic heterocycles. The zero-order chi connectivity index (χ0) is 20.9. The summed E-state index contributed by atoms with van der Waals surface area (Å²) in [6.07, 6.45) is 0. The van der Waals surface area contributed by atoms with Gasteiger partial charge in [-0.1, -0.05) is 58.1 Å². The van der Waals surface area contributed by atoms with Gasteiger partial charge in [-0.05, 0) is 23.1 Å². The molecule has 0 aliphatic carbocycles. The van der Waals surface area contributed by atoms with Crippen LogP contribution >= 0.6 is 11.3 Å². The Morgan fingerprint density at radius 1 is 1.18 bits per heavy atom. The van der Waals surface area contributed by atoms with Crippen LogP contribution in [0, 0.1) is 5.92 Å². The van der Waals surface area contributed by atoms with Gasteiger partial charge >= 0.3 is 0 Å². The largest absolute Gasteiger partial charge is 0.492 e. The maximum Gasteiger partial charge on any atom is 0.269 e. The molecule has 10 heteroatoms. The van der Waals surface area contributed by atoms with Crippen LogP contribution < -0.4 is 14.8 Å². The molecule has 0 radical (unpaired) electrons. The predicted octanol–water partition coefficient (Wildman–Crippen LogP) is 2.79. The lowest BCUT2D eigenvalue weighted by Crippen LogP contribution is -2.28. The Morgan fingerprint density at radius 3 is 2.39 bits per heavy atom. The van der Waals surface area contributed by atoms with Crippen molar-refractivity contribution in [2.45, 2.75) is 44.4 Å². The molecule has 0 saturated heterocycles. The van der Waals surface area contributed by atoms with Crippen LogP contribution in [0.15, 0.2) is 28.6 Å². The number of carbonyl (C=O) groups excluding carboxylic acids is 1. The second-order valence-electron chi connectivity index (χ2n) is 7.54. The van der Waals surface area contributed by atoms with Gasteiger partial charge in [-0.15, -0.1) is 10.2 Å². The van der Waals surface area contributed by atoms with Gasteiger partial charge in [0.1, 0.15) is 12.4 Å². The molecule has 0 unspecified atom stereocenters. The van der Waals surface area contributed by atoms with Crippen molar-refractivity contribution in [3.63, 3.8) is 0 Å². The van der Waals surface area contributed by atoms with Gasteiger partial charge in [0, 0.05) is 12.5 Å². The molecule has 1 aromatic heterocycles. The first-order chi connectivity index (χ1) is 13.0. The summed E-state index contributed by atoms with van der Waals surface area (Å²) in [6.45, 7) is 10.1. The topological polar surface area (TPSA) is 110 Å². The maximum atomic E-state index is 12.3. The Labute approximate surface area is 169 Å². The minimum absolute atomic E-state index is 0.0589. The van der Waals surface area contributed by atoms with Crippen LogP contribution in [0.4, 0.5) is 5.13 Å². The SMILES string of the molecule is CC(C)C(=O)Nc1nnc(S(=O)(=O)NCCOc2ccc(C(C)(C)C)cc2)s1. The number of rotatable bonds is 8. The monoisotopic (exact) mass is 426 g/mol. The van der Waals surface area contributed by atoms with Gasteiger partial charge in [0.05, 0.1) is 0 Å². The molecule has 2 aromatic rings. The molecule has 8 nitrogen and oxygen atoms in total. The van der Waals surface area contributed by atoms with Crippen molar-refractivity contribution in [1.29, 1.82) is 0 Å². The molecule has 1 heterocycles. The molecular formula is C18H26N4O4S2. The minimum atomic E-state index is -3.81. The summed E-state index contributed by atoms with van der Waals surface area (Å²) in [4.78, 5) is 11.6. The summed E-state index contributed by atoms with van der Waals surface area (Å²) in [5.41, 5.74) is 1.25. The van der Waals surface area contributed by atoms with E-state index in [1.807, 2.05) is 24.3 Å². The molecule has 0 saturated carbocycles. The highest BCUT2D eigenvalue weighted by Crippen LogP contribution is 2.24. The Bertz CT molecular complexity index is 900. The average molecular weight is 427 g/mol. The zero-order valence-electron chi connectivity index (χ0n) is 16.6. The Morgan fingerprint density at radius 2 is 1.82 bits per heavy atom. The number of hydrogen-bond donors (Lipinski definition) is 2. The summed E-state index contributed by atoms with van der Waals surface area (Å²) < 4.78 is 32.3. The Balaban J connectivity index is 1.85. The minimum Gasteiger partial charge on any atom is -0.492 e. The Hall–Kier alpha value is -2.04. The van der Waals surface area contributed by atoms with Gasteiger partial charge in [-0.25, -0.2) is 13.1 Å². The van der Waals surface area contributed by atoms with Gasteiger partial charge in [0.15, 0.2) is 0 Å². The molecule has 28 heavy (non-hydrogen) atoms. The highest BCUT2D eigenvalue weighted by Gasteiger charge is 2.21. The lowest BCUT2D eigenvalue weighted by molar-refractivity contribution is -0.118. The van der Waals surface area contributed by atoms with E-state index in [1.165, 1.54) is 5.56 Å². The summed E-state index contributed by atoms with van der Waals surface area (Å²) in [6, 6.07) is 7.72. The molecule has 1 amide bonds. The highest BCUT2D eigenvalue weighted by molar-refractivity contribution is 7.91. The number of aromatic nitrogens is 2. The molecule has 2 rings (SSSR count). The van der Waals surface area contributed by atoms with Gasteiger partial charge in [0.25, 0.3) is 10.0 Å². The van der Waals surface area contributed by atoms with E-state index >= 15 is 0 Å².